The molecule has 1 nitrogen and oxygen atoms in total. The molecule has 0 aliphatic carbocycles. The van der Waals surface area contributed by atoms with E-state index in [9.17, 15) is 0 Å². The third-order valence-corrected chi connectivity index (χ3v) is 4.15. The molecule has 0 N–H and O–H groups in total. The van der Waals surface area contributed by atoms with E-state index in [-0.39, 0.29) is 0 Å². The van der Waals surface area contributed by atoms with Gasteiger partial charge in [0.2, 0.25) is 0 Å². The summed E-state index contributed by atoms with van der Waals surface area (Å²) in [5.41, 5.74) is 5.15. The van der Waals surface area contributed by atoms with E-state index >= 15 is 0 Å². The second kappa shape index (κ2) is 9.32. The highest BCUT2D eigenvalue weighted by Gasteiger charge is 2.17. The summed E-state index contributed by atoms with van der Waals surface area (Å²) in [6.07, 6.45) is 8.04. The molecule has 0 heterocycles. The fraction of sp³-hybridized carbons (Fsp3) is 0.391. The Morgan fingerprint density at radius 1 is 1.17 bits per heavy atom. The Morgan fingerprint density at radius 3 is 2.29 bits per heavy atom. The number of hydrogen-bond donors (Lipinski definition) is 0. The molecule has 0 fully saturated rings. The maximum atomic E-state index is 4.30. The van der Waals surface area contributed by atoms with Gasteiger partial charge in [0.1, 0.15) is 0 Å². The second-order valence-electron chi connectivity index (χ2n) is 7.34. The molecule has 0 bridgehead atoms. The van der Waals surface area contributed by atoms with Crippen LogP contribution < -0.4 is 0 Å². The number of rotatable bonds is 8. The lowest BCUT2D eigenvalue weighted by atomic mass is 9.91. The van der Waals surface area contributed by atoms with Crippen molar-refractivity contribution in [2.45, 2.75) is 47.5 Å². The zero-order valence-corrected chi connectivity index (χ0v) is 16.1. The normalized spacial score (nSPS) is 12.9. The maximum absolute atomic E-state index is 4.30. The van der Waals surface area contributed by atoms with Crippen LogP contribution in [0.2, 0.25) is 0 Å². The van der Waals surface area contributed by atoms with Crippen molar-refractivity contribution in [2.75, 3.05) is 6.54 Å². The lowest BCUT2D eigenvalue weighted by Gasteiger charge is -2.32. The molecule has 1 aromatic carbocycles. The zero-order valence-electron chi connectivity index (χ0n) is 16.1. The van der Waals surface area contributed by atoms with Crippen LogP contribution in [0, 0.1) is 5.41 Å². The summed E-state index contributed by atoms with van der Waals surface area (Å²) in [6.45, 7) is 20.3. The highest BCUT2D eigenvalue weighted by molar-refractivity contribution is 5.76. The summed E-state index contributed by atoms with van der Waals surface area (Å²) in [6, 6.07) is 10.5. The minimum atomic E-state index is 0.302. The van der Waals surface area contributed by atoms with Crippen LogP contribution in [0.5, 0.6) is 0 Å². The van der Waals surface area contributed by atoms with Crippen molar-refractivity contribution in [1.82, 2.24) is 4.90 Å². The minimum Gasteiger partial charge on any atom is -0.349 e. The Hall–Kier alpha value is -2.02. The predicted molar refractivity (Wildman–Crippen MR) is 109 cm³/mol. The lowest BCUT2D eigenvalue weighted by Crippen LogP contribution is -2.25. The van der Waals surface area contributed by atoms with E-state index in [2.05, 4.69) is 89.1 Å². The molecule has 0 radical (unpaired) electrons. The first-order chi connectivity index (χ1) is 11.3. The lowest BCUT2D eigenvalue weighted by molar-refractivity contribution is 0.304. The van der Waals surface area contributed by atoms with E-state index in [4.69, 9.17) is 0 Å². The maximum Gasteiger partial charge on any atom is 0.0229 e. The Bertz CT molecular complexity index is 597. The number of hydrogen-bond acceptors (Lipinski definition) is 1. The van der Waals surface area contributed by atoms with E-state index in [1.807, 2.05) is 12.2 Å². The molecule has 1 aromatic rings. The van der Waals surface area contributed by atoms with Crippen molar-refractivity contribution >= 4 is 5.57 Å². The molecule has 0 saturated heterocycles. The Balaban J connectivity index is 3.31. The van der Waals surface area contributed by atoms with Gasteiger partial charge in [-0.1, -0.05) is 89.4 Å². The van der Waals surface area contributed by atoms with Crippen LogP contribution in [0.25, 0.3) is 5.57 Å². The van der Waals surface area contributed by atoms with Gasteiger partial charge in [-0.05, 0) is 30.7 Å². The topological polar surface area (TPSA) is 3.24 Å². The largest absolute Gasteiger partial charge is 0.349 e. The van der Waals surface area contributed by atoms with Crippen LogP contribution in [0.4, 0.5) is 0 Å². The molecule has 1 rings (SSSR count). The molecule has 0 aliphatic heterocycles. The molecule has 1 heteroatoms. The van der Waals surface area contributed by atoms with Crippen LogP contribution in [0.15, 0.2) is 73.1 Å². The fourth-order valence-electron chi connectivity index (χ4n) is 2.55. The van der Waals surface area contributed by atoms with Crippen LogP contribution >= 0.6 is 0 Å². The molecule has 0 aliphatic rings. The third kappa shape index (κ3) is 6.23. The van der Waals surface area contributed by atoms with Crippen molar-refractivity contribution < 1.29 is 0 Å². The molecule has 0 aromatic heterocycles. The van der Waals surface area contributed by atoms with Crippen molar-refractivity contribution in [3.05, 3.63) is 78.7 Å². The molecule has 0 amide bonds. The summed E-state index contributed by atoms with van der Waals surface area (Å²) < 4.78 is 0. The van der Waals surface area contributed by atoms with Crippen LogP contribution in [0.3, 0.4) is 0 Å². The monoisotopic (exact) mass is 323 g/mol. The summed E-state index contributed by atoms with van der Waals surface area (Å²) in [7, 11) is 0. The summed E-state index contributed by atoms with van der Waals surface area (Å²) in [5.74, 6) is 0. The van der Waals surface area contributed by atoms with Gasteiger partial charge in [-0.2, -0.15) is 0 Å². The van der Waals surface area contributed by atoms with Crippen molar-refractivity contribution in [2.24, 2.45) is 5.41 Å². The van der Waals surface area contributed by atoms with Crippen molar-refractivity contribution in [3.63, 3.8) is 0 Å². The third-order valence-electron chi connectivity index (χ3n) is 4.15. The minimum absolute atomic E-state index is 0.302. The summed E-state index contributed by atoms with van der Waals surface area (Å²) in [4.78, 5) is 2.38. The number of benzene rings is 1. The molecule has 0 atom stereocenters. The average Bonchev–Trinajstić information content (AvgIpc) is 2.55. The second-order valence-corrected chi connectivity index (χ2v) is 7.34. The first kappa shape index (κ1) is 20.0. The fourth-order valence-corrected chi connectivity index (χ4v) is 2.55. The van der Waals surface area contributed by atoms with Crippen molar-refractivity contribution in [3.8, 4) is 0 Å². The van der Waals surface area contributed by atoms with Gasteiger partial charge in [0.05, 0.1) is 0 Å². The standard InChI is InChI=1S/C23H33N/c1-8-10-16-22(21-14-12-11-13-15-21)20(4)24(19(3)9-2)18-17-23(5,6)7/h8,10-16H,1,3,9,17-18H2,2,4-7H3/b16-10-,22-20-. The summed E-state index contributed by atoms with van der Waals surface area (Å²) in [5, 5.41) is 0. The van der Waals surface area contributed by atoms with E-state index in [1.54, 1.807) is 0 Å². The molecule has 0 saturated carbocycles. The SMILES string of the molecule is C=C/C=C\C(=C(/C)N(CCC(C)(C)C)C(=C)CC)c1ccccc1. The highest BCUT2D eigenvalue weighted by Crippen LogP contribution is 2.28. The van der Waals surface area contributed by atoms with Crippen molar-refractivity contribution in [1.29, 1.82) is 0 Å². The first-order valence-electron chi connectivity index (χ1n) is 8.81. The predicted octanol–water partition coefficient (Wildman–Crippen LogP) is 6.82. The van der Waals surface area contributed by atoms with E-state index < -0.39 is 0 Å². The van der Waals surface area contributed by atoms with Gasteiger partial charge in [0, 0.05) is 23.5 Å². The Morgan fingerprint density at radius 2 is 1.79 bits per heavy atom. The van der Waals surface area contributed by atoms with Gasteiger partial charge in [-0.25, -0.2) is 0 Å². The smallest absolute Gasteiger partial charge is 0.0229 e. The van der Waals surface area contributed by atoms with Gasteiger partial charge >= 0.3 is 0 Å². The molecular formula is C23H33N. The van der Waals surface area contributed by atoms with Gasteiger partial charge in [0.25, 0.3) is 0 Å². The Labute approximate surface area is 149 Å². The average molecular weight is 324 g/mol. The van der Waals surface area contributed by atoms with Crippen LogP contribution in [-0.2, 0) is 0 Å². The number of allylic oxidation sites excluding steroid dienone is 6. The zero-order chi connectivity index (χ0) is 18.2. The van der Waals surface area contributed by atoms with Gasteiger partial charge in [-0.3, -0.25) is 0 Å². The molecule has 0 spiro atoms. The van der Waals surface area contributed by atoms with E-state index in [0.717, 1.165) is 25.1 Å². The van der Waals surface area contributed by atoms with E-state index in [1.165, 1.54) is 16.8 Å². The van der Waals surface area contributed by atoms with Gasteiger partial charge < -0.3 is 4.90 Å². The van der Waals surface area contributed by atoms with Crippen LogP contribution in [0.1, 0.15) is 53.0 Å². The van der Waals surface area contributed by atoms with Crippen LogP contribution in [-0.4, -0.2) is 11.4 Å². The number of nitrogens with zero attached hydrogens (tertiary/aromatic N) is 1. The molecule has 0 unspecified atom stereocenters. The first-order valence-corrected chi connectivity index (χ1v) is 8.81. The van der Waals surface area contributed by atoms with Gasteiger partial charge in [0.15, 0.2) is 0 Å². The quantitative estimate of drug-likeness (QED) is 0.474. The highest BCUT2D eigenvalue weighted by atomic mass is 15.1. The Kier molecular flexibility index (Phi) is 7.78. The molecule has 24 heavy (non-hydrogen) atoms. The molecule has 130 valence electrons. The van der Waals surface area contributed by atoms with Gasteiger partial charge in [-0.15, -0.1) is 0 Å². The molecular weight excluding hydrogens is 290 g/mol. The van der Waals surface area contributed by atoms with E-state index in [0.29, 0.717) is 5.41 Å². The summed E-state index contributed by atoms with van der Waals surface area (Å²) >= 11 is 0.